The quantitative estimate of drug-likeness (QED) is 0.864. The van der Waals surface area contributed by atoms with E-state index in [4.69, 9.17) is 4.74 Å². The molecule has 0 aromatic heterocycles. The fourth-order valence-corrected chi connectivity index (χ4v) is 1.89. The lowest BCUT2D eigenvalue weighted by Gasteiger charge is -2.07. The van der Waals surface area contributed by atoms with Crippen molar-refractivity contribution >= 4 is 17.6 Å². The number of amides is 1. The van der Waals surface area contributed by atoms with E-state index in [0.29, 0.717) is 11.3 Å². The number of hydrogen-bond acceptors (Lipinski definition) is 3. The van der Waals surface area contributed by atoms with Crippen LogP contribution in [-0.2, 0) is 20.7 Å². The van der Waals surface area contributed by atoms with Gasteiger partial charge in [-0.15, -0.1) is 0 Å². The molecule has 0 saturated carbocycles. The second kappa shape index (κ2) is 7.36. The number of halogens is 1. The molecule has 0 radical (unpaired) electrons. The lowest BCUT2D eigenvalue weighted by atomic mass is 10.1. The molecule has 0 spiro atoms. The SMILES string of the molecule is Cc1cccc(NC(=O)COC(=O)Cc2ccc(F)cc2)c1. The van der Waals surface area contributed by atoms with Gasteiger partial charge < -0.3 is 10.1 Å². The topological polar surface area (TPSA) is 55.4 Å². The normalized spacial score (nSPS) is 10.1. The molecule has 0 saturated heterocycles. The van der Waals surface area contributed by atoms with E-state index in [-0.39, 0.29) is 18.8 Å². The molecule has 0 aliphatic carbocycles. The first kappa shape index (κ1) is 15.7. The van der Waals surface area contributed by atoms with Crippen LogP contribution in [0.3, 0.4) is 0 Å². The summed E-state index contributed by atoms with van der Waals surface area (Å²) in [6, 6.07) is 12.9. The number of ether oxygens (including phenoxy) is 1. The fourth-order valence-electron chi connectivity index (χ4n) is 1.89. The predicted molar refractivity (Wildman–Crippen MR) is 80.9 cm³/mol. The minimum absolute atomic E-state index is 0.00198. The number of esters is 1. The van der Waals surface area contributed by atoms with Crippen LogP contribution in [0, 0.1) is 12.7 Å². The third-order valence-electron chi connectivity index (χ3n) is 2.93. The Morgan fingerprint density at radius 3 is 2.55 bits per heavy atom. The summed E-state index contributed by atoms with van der Waals surface area (Å²) >= 11 is 0. The number of benzene rings is 2. The van der Waals surface area contributed by atoms with Crippen molar-refractivity contribution in [2.45, 2.75) is 13.3 Å². The minimum Gasteiger partial charge on any atom is -0.455 e. The molecule has 5 heteroatoms. The van der Waals surface area contributed by atoms with Gasteiger partial charge in [0.25, 0.3) is 5.91 Å². The second-order valence-electron chi connectivity index (χ2n) is 4.88. The number of nitrogens with one attached hydrogen (secondary N) is 1. The van der Waals surface area contributed by atoms with E-state index in [1.165, 1.54) is 24.3 Å². The van der Waals surface area contributed by atoms with Crippen LogP contribution in [-0.4, -0.2) is 18.5 Å². The first-order valence-corrected chi connectivity index (χ1v) is 6.79. The van der Waals surface area contributed by atoms with E-state index < -0.39 is 11.9 Å². The highest BCUT2D eigenvalue weighted by atomic mass is 19.1. The van der Waals surface area contributed by atoms with Gasteiger partial charge in [0.2, 0.25) is 0 Å². The monoisotopic (exact) mass is 301 g/mol. The molecule has 114 valence electrons. The van der Waals surface area contributed by atoms with Gasteiger partial charge in [0.1, 0.15) is 5.82 Å². The summed E-state index contributed by atoms with van der Waals surface area (Å²) in [5.41, 5.74) is 2.30. The Labute approximate surface area is 127 Å². The Bertz CT molecular complexity index is 668. The van der Waals surface area contributed by atoms with Crippen molar-refractivity contribution in [1.29, 1.82) is 0 Å². The van der Waals surface area contributed by atoms with Gasteiger partial charge in [-0.1, -0.05) is 24.3 Å². The standard InChI is InChI=1S/C17H16FNO3/c1-12-3-2-4-15(9-12)19-16(20)11-22-17(21)10-13-5-7-14(18)8-6-13/h2-9H,10-11H2,1H3,(H,19,20). The summed E-state index contributed by atoms with van der Waals surface area (Å²) in [5.74, 6) is -1.31. The molecule has 22 heavy (non-hydrogen) atoms. The molecule has 2 aromatic rings. The smallest absolute Gasteiger partial charge is 0.310 e. The van der Waals surface area contributed by atoms with Crippen LogP contribution in [0.1, 0.15) is 11.1 Å². The van der Waals surface area contributed by atoms with Crippen molar-refractivity contribution in [3.63, 3.8) is 0 Å². The highest BCUT2D eigenvalue weighted by molar-refractivity contribution is 5.92. The van der Waals surface area contributed by atoms with Crippen LogP contribution in [0.15, 0.2) is 48.5 Å². The first-order chi connectivity index (χ1) is 10.5. The maximum atomic E-state index is 12.7. The molecule has 0 heterocycles. The van der Waals surface area contributed by atoms with Gasteiger partial charge in [0.05, 0.1) is 6.42 Å². The van der Waals surface area contributed by atoms with Gasteiger partial charge in [0.15, 0.2) is 6.61 Å². The van der Waals surface area contributed by atoms with Crippen LogP contribution >= 0.6 is 0 Å². The van der Waals surface area contributed by atoms with Crippen LogP contribution in [0.25, 0.3) is 0 Å². The molecule has 4 nitrogen and oxygen atoms in total. The molecule has 0 aliphatic rings. The van der Waals surface area contributed by atoms with E-state index >= 15 is 0 Å². The lowest BCUT2D eigenvalue weighted by molar-refractivity contribution is -0.146. The van der Waals surface area contributed by atoms with Gasteiger partial charge in [-0.3, -0.25) is 9.59 Å². The van der Waals surface area contributed by atoms with E-state index in [1.807, 2.05) is 25.1 Å². The number of anilines is 1. The zero-order chi connectivity index (χ0) is 15.9. The third kappa shape index (κ3) is 5.01. The average Bonchev–Trinajstić information content (AvgIpc) is 2.48. The summed E-state index contributed by atoms with van der Waals surface area (Å²) in [5, 5.41) is 2.64. The zero-order valence-corrected chi connectivity index (χ0v) is 12.1. The van der Waals surface area contributed by atoms with Crippen molar-refractivity contribution in [2.24, 2.45) is 0 Å². The Balaban J connectivity index is 1.78. The summed E-state index contributed by atoms with van der Waals surface area (Å²) in [6.45, 7) is 1.56. The number of hydrogen-bond donors (Lipinski definition) is 1. The van der Waals surface area contributed by atoms with Gasteiger partial charge >= 0.3 is 5.97 Å². The molecule has 0 bridgehead atoms. The highest BCUT2D eigenvalue weighted by Gasteiger charge is 2.09. The summed E-state index contributed by atoms with van der Waals surface area (Å²) in [7, 11) is 0. The van der Waals surface area contributed by atoms with Crippen LogP contribution < -0.4 is 5.32 Å². The molecule has 0 aliphatic heterocycles. The number of aryl methyl sites for hydroxylation is 1. The number of carbonyl (C=O) groups is 2. The zero-order valence-electron chi connectivity index (χ0n) is 12.1. The van der Waals surface area contributed by atoms with Crippen LogP contribution in [0.4, 0.5) is 10.1 Å². The summed E-state index contributed by atoms with van der Waals surface area (Å²) in [4.78, 5) is 23.3. The Morgan fingerprint density at radius 2 is 1.86 bits per heavy atom. The van der Waals surface area contributed by atoms with Gasteiger partial charge in [-0.05, 0) is 42.3 Å². The average molecular weight is 301 g/mol. The summed E-state index contributed by atoms with van der Waals surface area (Å²) in [6.07, 6.45) is -0.00198. The molecule has 2 rings (SSSR count). The molecule has 2 aromatic carbocycles. The maximum Gasteiger partial charge on any atom is 0.310 e. The van der Waals surface area contributed by atoms with Crippen molar-refractivity contribution in [3.8, 4) is 0 Å². The van der Waals surface area contributed by atoms with Crippen molar-refractivity contribution in [1.82, 2.24) is 0 Å². The van der Waals surface area contributed by atoms with Crippen molar-refractivity contribution in [2.75, 3.05) is 11.9 Å². The number of rotatable bonds is 5. The van der Waals surface area contributed by atoms with Gasteiger partial charge in [0, 0.05) is 5.69 Å². The third-order valence-corrected chi connectivity index (χ3v) is 2.93. The van der Waals surface area contributed by atoms with E-state index in [1.54, 1.807) is 6.07 Å². The minimum atomic E-state index is -0.536. The van der Waals surface area contributed by atoms with Gasteiger partial charge in [-0.2, -0.15) is 0 Å². The van der Waals surface area contributed by atoms with Gasteiger partial charge in [-0.25, -0.2) is 4.39 Å². The molecular formula is C17H16FNO3. The van der Waals surface area contributed by atoms with Crippen molar-refractivity contribution in [3.05, 3.63) is 65.5 Å². The highest BCUT2D eigenvalue weighted by Crippen LogP contribution is 2.09. The Hall–Kier alpha value is -2.69. The Kier molecular flexibility index (Phi) is 5.25. The van der Waals surface area contributed by atoms with Crippen molar-refractivity contribution < 1.29 is 18.7 Å². The summed E-state index contributed by atoms with van der Waals surface area (Å²) < 4.78 is 17.6. The molecule has 1 amide bonds. The molecular weight excluding hydrogens is 285 g/mol. The van der Waals surface area contributed by atoms with E-state index in [9.17, 15) is 14.0 Å². The molecule has 1 N–H and O–H groups in total. The maximum absolute atomic E-state index is 12.7. The van der Waals surface area contributed by atoms with E-state index in [0.717, 1.165) is 5.56 Å². The molecule has 0 atom stereocenters. The second-order valence-corrected chi connectivity index (χ2v) is 4.88. The van der Waals surface area contributed by atoms with E-state index in [2.05, 4.69) is 5.32 Å². The lowest BCUT2D eigenvalue weighted by Crippen LogP contribution is -2.21. The Morgan fingerprint density at radius 1 is 1.14 bits per heavy atom. The molecule has 0 fully saturated rings. The molecule has 0 unspecified atom stereocenters. The van der Waals surface area contributed by atoms with Crippen LogP contribution in [0.2, 0.25) is 0 Å². The largest absolute Gasteiger partial charge is 0.455 e. The predicted octanol–water partition coefficient (Wildman–Crippen LogP) is 2.86. The fraction of sp³-hybridized carbons (Fsp3) is 0.176. The number of carbonyl (C=O) groups excluding carboxylic acids is 2. The van der Waals surface area contributed by atoms with Crippen LogP contribution in [0.5, 0.6) is 0 Å². The first-order valence-electron chi connectivity index (χ1n) is 6.79.